The summed E-state index contributed by atoms with van der Waals surface area (Å²) < 4.78 is 0. The number of hydrogen-bond acceptors (Lipinski definition) is 1. The van der Waals surface area contributed by atoms with Gasteiger partial charge in [0.25, 0.3) is 0 Å². The van der Waals surface area contributed by atoms with E-state index in [4.69, 9.17) is 0 Å². The van der Waals surface area contributed by atoms with E-state index in [-0.39, 0.29) is 17.1 Å². The van der Waals surface area contributed by atoms with Gasteiger partial charge in [-0.2, -0.15) is 0 Å². The third kappa shape index (κ3) is 2.38. The molecule has 1 heteroatoms. The molecule has 0 radical (unpaired) electrons. The highest BCUT2D eigenvalue weighted by molar-refractivity contribution is 5.98. The summed E-state index contributed by atoms with van der Waals surface area (Å²) in [7, 11) is 0. The van der Waals surface area contributed by atoms with E-state index in [9.17, 15) is 4.79 Å². The largest absolute Gasteiger partial charge is 0.294 e. The molecule has 1 aliphatic carbocycles. The molecule has 1 aromatic rings. The van der Waals surface area contributed by atoms with Gasteiger partial charge in [0, 0.05) is 0 Å². The highest BCUT2D eigenvalue weighted by atomic mass is 16.1. The second-order valence-corrected chi connectivity index (χ2v) is 5.46. The highest BCUT2D eigenvalue weighted by Crippen LogP contribution is 2.32. The second kappa shape index (κ2) is 4.33. The Balaban J connectivity index is 2.49. The Morgan fingerprint density at radius 3 is 2.41 bits per heavy atom. The first kappa shape index (κ1) is 11.8. The van der Waals surface area contributed by atoms with Crippen LogP contribution in [0.3, 0.4) is 0 Å². The first-order chi connectivity index (χ1) is 8.00. The summed E-state index contributed by atoms with van der Waals surface area (Å²) in [6, 6.07) is 8.22. The molecule has 2 rings (SSSR count). The number of carbonyl (C=O) groups is 1. The van der Waals surface area contributed by atoms with Crippen LogP contribution in [0.25, 0.3) is 0 Å². The molecule has 1 unspecified atom stereocenters. The zero-order chi connectivity index (χ0) is 12.5. The smallest absolute Gasteiger partial charge is 0.166 e. The van der Waals surface area contributed by atoms with Crippen LogP contribution in [0.4, 0.5) is 0 Å². The summed E-state index contributed by atoms with van der Waals surface area (Å²) in [5, 5.41) is 0. The summed E-state index contributed by atoms with van der Waals surface area (Å²) in [5.41, 5.74) is 2.44. The third-order valence-corrected chi connectivity index (χ3v) is 3.09. The number of allylic oxidation sites excluding steroid dienone is 4. The molecule has 0 bridgehead atoms. The maximum absolute atomic E-state index is 11.9. The molecule has 0 aromatic heterocycles. The summed E-state index contributed by atoms with van der Waals surface area (Å²) in [6.07, 6.45) is 7.39. The maximum atomic E-state index is 11.9. The van der Waals surface area contributed by atoms with Crippen molar-refractivity contribution in [1.29, 1.82) is 0 Å². The van der Waals surface area contributed by atoms with Gasteiger partial charge in [0.05, 0.1) is 5.92 Å². The van der Waals surface area contributed by atoms with Crippen LogP contribution in [0, 0.1) is 0 Å². The summed E-state index contributed by atoms with van der Waals surface area (Å²) in [4.78, 5) is 11.9. The molecule has 0 fully saturated rings. The Morgan fingerprint density at radius 1 is 1.06 bits per heavy atom. The Morgan fingerprint density at radius 2 is 1.76 bits per heavy atom. The molecule has 88 valence electrons. The summed E-state index contributed by atoms with van der Waals surface area (Å²) in [6.45, 7) is 6.54. The molecular weight excluding hydrogens is 208 g/mol. The van der Waals surface area contributed by atoms with E-state index in [0.717, 1.165) is 5.56 Å². The van der Waals surface area contributed by atoms with Crippen molar-refractivity contribution >= 4 is 5.78 Å². The van der Waals surface area contributed by atoms with Crippen molar-refractivity contribution < 1.29 is 4.79 Å². The summed E-state index contributed by atoms with van der Waals surface area (Å²) >= 11 is 0. The lowest BCUT2D eigenvalue weighted by Gasteiger charge is -2.25. The van der Waals surface area contributed by atoms with E-state index in [1.807, 2.05) is 24.3 Å². The topological polar surface area (TPSA) is 17.1 Å². The average molecular weight is 226 g/mol. The van der Waals surface area contributed by atoms with Gasteiger partial charge in [0.15, 0.2) is 5.78 Å². The highest BCUT2D eigenvalue weighted by Gasteiger charge is 2.24. The van der Waals surface area contributed by atoms with Crippen molar-refractivity contribution in [1.82, 2.24) is 0 Å². The predicted octanol–water partition coefficient (Wildman–Crippen LogP) is 3.76. The Hall–Kier alpha value is -1.63. The molecule has 0 heterocycles. The lowest BCUT2D eigenvalue weighted by Crippen LogP contribution is -2.19. The van der Waals surface area contributed by atoms with E-state index in [1.54, 1.807) is 12.2 Å². The number of rotatable bonds is 1. The minimum absolute atomic E-state index is 0.0614. The van der Waals surface area contributed by atoms with Crippen molar-refractivity contribution in [2.75, 3.05) is 0 Å². The first-order valence-corrected chi connectivity index (χ1v) is 5.98. The molecule has 1 aliphatic rings. The van der Waals surface area contributed by atoms with Gasteiger partial charge in [-0.3, -0.25) is 4.79 Å². The van der Waals surface area contributed by atoms with Crippen LogP contribution in [-0.4, -0.2) is 5.78 Å². The van der Waals surface area contributed by atoms with Crippen molar-refractivity contribution in [2.24, 2.45) is 0 Å². The van der Waals surface area contributed by atoms with Gasteiger partial charge in [-0.05, 0) is 22.6 Å². The van der Waals surface area contributed by atoms with Gasteiger partial charge in [-0.15, -0.1) is 0 Å². The Kier molecular flexibility index (Phi) is 3.01. The average Bonchev–Trinajstić information content (AvgIpc) is 2.28. The van der Waals surface area contributed by atoms with Gasteiger partial charge in [-0.1, -0.05) is 63.3 Å². The molecule has 1 atom stereocenters. The normalized spacial score (nSPS) is 19.7. The fraction of sp³-hybridized carbons (Fsp3) is 0.312. The van der Waals surface area contributed by atoms with Crippen LogP contribution in [0.1, 0.15) is 37.8 Å². The van der Waals surface area contributed by atoms with Gasteiger partial charge in [0.1, 0.15) is 0 Å². The molecular formula is C16H18O. The van der Waals surface area contributed by atoms with Crippen LogP contribution in [-0.2, 0) is 10.2 Å². The number of ketones is 1. The maximum Gasteiger partial charge on any atom is 0.166 e. The predicted molar refractivity (Wildman–Crippen MR) is 71.2 cm³/mol. The minimum atomic E-state index is -0.115. The monoisotopic (exact) mass is 226 g/mol. The van der Waals surface area contributed by atoms with Crippen LogP contribution >= 0.6 is 0 Å². The zero-order valence-electron chi connectivity index (χ0n) is 10.6. The number of carbonyl (C=O) groups excluding carboxylic acids is 1. The third-order valence-electron chi connectivity index (χ3n) is 3.09. The Bertz CT molecular complexity index is 486. The lowest BCUT2D eigenvalue weighted by molar-refractivity contribution is -0.115. The van der Waals surface area contributed by atoms with Gasteiger partial charge < -0.3 is 0 Å². The molecule has 0 spiro atoms. The molecule has 0 N–H and O–H groups in total. The van der Waals surface area contributed by atoms with Crippen LogP contribution in [0.15, 0.2) is 48.6 Å². The van der Waals surface area contributed by atoms with Crippen molar-refractivity contribution in [2.45, 2.75) is 32.1 Å². The minimum Gasteiger partial charge on any atom is -0.294 e. The molecule has 0 amide bonds. The van der Waals surface area contributed by atoms with Crippen LogP contribution in [0.2, 0.25) is 0 Å². The van der Waals surface area contributed by atoms with Crippen molar-refractivity contribution in [3.63, 3.8) is 0 Å². The summed E-state index contributed by atoms with van der Waals surface area (Å²) in [5.74, 6) is 0.0552. The van der Waals surface area contributed by atoms with E-state index in [2.05, 4.69) is 32.9 Å². The lowest BCUT2D eigenvalue weighted by atomic mass is 9.78. The molecule has 1 nitrogen and oxygen atoms in total. The van der Waals surface area contributed by atoms with E-state index < -0.39 is 0 Å². The van der Waals surface area contributed by atoms with Gasteiger partial charge in [-0.25, -0.2) is 0 Å². The fourth-order valence-electron chi connectivity index (χ4n) is 2.23. The fourth-order valence-corrected chi connectivity index (χ4v) is 2.23. The van der Waals surface area contributed by atoms with E-state index in [1.165, 1.54) is 5.56 Å². The van der Waals surface area contributed by atoms with Gasteiger partial charge in [0.2, 0.25) is 0 Å². The molecule has 0 aliphatic heterocycles. The van der Waals surface area contributed by atoms with E-state index >= 15 is 0 Å². The second-order valence-electron chi connectivity index (χ2n) is 5.46. The van der Waals surface area contributed by atoms with Gasteiger partial charge >= 0.3 is 0 Å². The van der Waals surface area contributed by atoms with Crippen molar-refractivity contribution in [3.8, 4) is 0 Å². The number of benzene rings is 1. The quantitative estimate of drug-likeness (QED) is 0.712. The molecule has 0 saturated heterocycles. The zero-order valence-corrected chi connectivity index (χ0v) is 10.6. The molecule has 0 saturated carbocycles. The van der Waals surface area contributed by atoms with Crippen LogP contribution in [0.5, 0.6) is 0 Å². The Labute approximate surface area is 103 Å². The van der Waals surface area contributed by atoms with Crippen molar-refractivity contribution in [3.05, 3.63) is 59.7 Å². The van der Waals surface area contributed by atoms with E-state index in [0.29, 0.717) is 0 Å². The molecule has 17 heavy (non-hydrogen) atoms. The van der Waals surface area contributed by atoms with Crippen LogP contribution < -0.4 is 0 Å². The standard InChI is InChI=1S/C16H18O/c1-16(2,3)14-10-6-4-8-12(14)13-9-5-7-11-15(13)17/h4-11,13H,1-3H3. The first-order valence-electron chi connectivity index (χ1n) is 5.98. The molecule has 1 aromatic carbocycles. The SMILES string of the molecule is CC(C)(C)c1ccccc1C1C=CC=CC1=O. The number of hydrogen-bond donors (Lipinski definition) is 0.